The number of halogens is 5. The maximum Gasteiger partial charge on any atom is 0.405 e. The van der Waals surface area contributed by atoms with Crippen molar-refractivity contribution in [2.45, 2.75) is 6.18 Å². The summed E-state index contributed by atoms with van der Waals surface area (Å²) in [6, 6.07) is 2.20. The first kappa shape index (κ1) is 13.1. The topological polar surface area (TPSA) is 29.3 Å². The largest absolute Gasteiger partial charge is 0.405 e. The first-order valence-electron chi connectivity index (χ1n) is 4.23. The second-order valence-corrected chi connectivity index (χ2v) is 4.15. The zero-order chi connectivity index (χ0) is 12.5. The van der Waals surface area contributed by atoms with Crippen LogP contribution in [0, 0.1) is 5.82 Å². The van der Waals surface area contributed by atoms with E-state index in [9.17, 15) is 17.6 Å². The standard InChI is InChI=1S/C9H9BrF4N2/c1-16(4-9(12,13)14)8-3-6(11)5(10)2-7(8)15/h2-3H,4,15H2,1H3. The minimum Gasteiger partial charge on any atom is -0.397 e. The predicted molar refractivity (Wildman–Crippen MR) is 57.8 cm³/mol. The molecule has 0 amide bonds. The molecule has 0 atom stereocenters. The Hall–Kier alpha value is -0.980. The number of nitrogen functional groups attached to an aromatic ring is 1. The van der Waals surface area contributed by atoms with Gasteiger partial charge < -0.3 is 10.6 Å². The SMILES string of the molecule is CN(CC(F)(F)F)c1cc(F)c(Br)cc1N. The Morgan fingerprint density at radius 2 is 1.94 bits per heavy atom. The van der Waals surface area contributed by atoms with Crippen LogP contribution in [0.2, 0.25) is 0 Å². The summed E-state index contributed by atoms with van der Waals surface area (Å²) in [4.78, 5) is 0.852. The van der Waals surface area contributed by atoms with Crippen LogP contribution in [0.15, 0.2) is 16.6 Å². The lowest BCUT2D eigenvalue weighted by Gasteiger charge is -2.22. The molecule has 0 heterocycles. The molecule has 0 bridgehead atoms. The van der Waals surface area contributed by atoms with Crippen molar-refractivity contribution in [3.8, 4) is 0 Å². The number of benzene rings is 1. The summed E-state index contributed by atoms with van der Waals surface area (Å²) >= 11 is 2.89. The number of alkyl halides is 3. The zero-order valence-corrected chi connectivity index (χ0v) is 9.86. The van der Waals surface area contributed by atoms with E-state index in [-0.39, 0.29) is 15.8 Å². The summed E-state index contributed by atoms with van der Waals surface area (Å²) in [5, 5.41) is 0. The Morgan fingerprint density at radius 3 is 2.44 bits per heavy atom. The molecule has 16 heavy (non-hydrogen) atoms. The van der Waals surface area contributed by atoms with Crippen molar-refractivity contribution in [3.05, 3.63) is 22.4 Å². The lowest BCUT2D eigenvalue weighted by molar-refractivity contribution is -0.119. The van der Waals surface area contributed by atoms with Crippen molar-refractivity contribution in [1.29, 1.82) is 0 Å². The molecule has 0 aliphatic carbocycles. The zero-order valence-electron chi connectivity index (χ0n) is 8.28. The third kappa shape index (κ3) is 3.26. The summed E-state index contributed by atoms with van der Waals surface area (Å²) in [6.45, 7) is -1.18. The van der Waals surface area contributed by atoms with Crippen LogP contribution in [0.5, 0.6) is 0 Å². The van der Waals surface area contributed by atoms with Gasteiger partial charge in [-0.05, 0) is 22.0 Å². The highest BCUT2D eigenvalue weighted by atomic mass is 79.9. The minimum atomic E-state index is -4.36. The number of nitrogens with two attached hydrogens (primary N) is 1. The van der Waals surface area contributed by atoms with Gasteiger partial charge in [0.1, 0.15) is 12.4 Å². The Labute approximate surface area is 98.2 Å². The Kier molecular flexibility index (Phi) is 3.67. The summed E-state index contributed by atoms with van der Waals surface area (Å²) in [7, 11) is 1.20. The van der Waals surface area contributed by atoms with Gasteiger partial charge in [-0.1, -0.05) is 0 Å². The molecule has 0 saturated heterocycles. The van der Waals surface area contributed by atoms with E-state index in [0.717, 1.165) is 11.0 Å². The van der Waals surface area contributed by atoms with E-state index in [1.807, 2.05) is 0 Å². The Balaban J connectivity index is 3.00. The van der Waals surface area contributed by atoms with Gasteiger partial charge >= 0.3 is 6.18 Å². The Bertz CT molecular complexity index is 392. The van der Waals surface area contributed by atoms with Crippen molar-refractivity contribution < 1.29 is 17.6 Å². The van der Waals surface area contributed by atoms with Crippen LogP contribution in [0.3, 0.4) is 0 Å². The lowest BCUT2D eigenvalue weighted by Crippen LogP contribution is -2.31. The lowest BCUT2D eigenvalue weighted by atomic mass is 10.2. The first-order valence-corrected chi connectivity index (χ1v) is 5.02. The minimum absolute atomic E-state index is 0.0121. The van der Waals surface area contributed by atoms with Gasteiger partial charge in [-0.25, -0.2) is 4.39 Å². The quantitative estimate of drug-likeness (QED) is 0.671. The molecule has 2 nitrogen and oxygen atoms in total. The maximum absolute atomic E-state index is 13.1. The van der Waals surface area contributed by atoms with Crippen molar-refractivity contribution >= 4 is 27.3 Å². The monoisotopic (exact) mass is 300 g/mol. The number of hydrogen-bond acceptors (Lipinski definition) is 2. The van der Waals surface area contributed by atoms with Gasteiger partial charge in [-0.3, -0.25) is 0 Å². The Morgan fingerprint density at radius 1 is 1.38 bits per heavy atom. The van der Waals surface area contributed by atoms with Crippen LogP contribution >= 0.6 is 15.9 Å². The van der Waals surface area contributed by atoms with E-state index in [1.54, 1.807) is 0 Å². The second-order valence-electron chi connectivity index (χ2n) is 3.30. The van der Waals surface area contributed by atoms with Gasteiger partial charge in [0.25, 0.3) is 0 Å². The van der Waals surface area contributed by atoms with Crippen LogP contribution < -0.4 is 10.6 Å². The summed E-state index contributed by atoms with van der Waals surface area (Å²) in [5.74, 6) is -0.654. The van der Waals surface area contributed by atoms with E-state index >= 15 is 0 Å². The van der Waals surface area contributed by atoms with E-state index in [4.69, 9.17) is 5.73 Å². The molecule has 0 aliphatic rings. The fourth-order valence-corrected chi connectivity index (χ4v) is 1.60. The van der Waals surface area contributed by atoms with Gasteiger partial charge in [-0.15, -0.1) is 0 Å². The van der Waals surface area contributed by atoms with Crippen molar-refractivity contribution in [3.63, 3.8) is 0 Å². The summed E-state index contributed by atoms with van der Waals surface area (Å²) in [5.41, 5.74) is 5.60. The molecule has 1 aromatic carbocycles. The predicted octanol–water partition coefficient (Wildman–Crippen LogP) is 3.17. The molecule has 0 unspecified atom stereocenters. The fraction of sp³-hybridized carbons (Fsp3) is 0.333. The molecule has 1 aromatic rings. The number of anilines is 2. The third-order valence-electron chi connectivity index (χ3n) is 1.90. The smallest absolute Gasteiger partial charge is 0.397 e. The highest BCUT2D eigenvalue weighted by Gasteiger charge is 2.30. The van der Waals surface area contributed by atoms with Crippen LogP contribution in [-0.4, -0.2) is 19.8 Å². The molecular formula is C9H9BrF4N2. The second kappa shape index (κ2) is 4.48. The average Bonchev–Trinajstić information content (AvgIpc) is 2.08. The van der Waals surface area contributed by atoms with Crippen molar-refractivity contribution in [1.82, 2.24) is 0 Å². The third-order valence-corrected chi connectivity index (χ3v) is 2.50. The van der Waals surface area contributed by atoms with Crippen LogP contribution in [0.25, 0.3) is 0 Å². The molecule has 0 saturated carbocycles. The molecule has 7 heteroatoms. The molecule has 0 radical (unpaired) electrons. The van der Waals surface area contributed by atoms with E-state index in [1.165, 1.54) is 13.1 Å². The highest BCUT2D eigenvalue weighted by Crippen LogP contribution is 2.30. The van der Waals surface area contributed by atoms with E-state index < -0.39 is 18.5 Å². The molecule has 0 fully saturated rings. The maximum atomic E-state index is 13.1. The van der Waals surface area contributed by atoms with Gasteiger partial charge in [0.05, 0.1) is 15.8 Å². The number of nitrogens with zero attached hydrogens (tertiary/aromatic N) is 1. The normalized spacial score (nSPS) is 11.6. The van der Waals surface area contributed by atoms with Crippen molar-refractivity contribution in [2.75, 3.05) is 24.2 Å². The van der Waals surface area contributed by atoms with Crippen molar-refractivity contribution in [2.24, 2.45) is 0 Å². The molecule has 1 rings (SSSR count). The fourth-order valence-electron chi connectivity index (χ4n) is 1.24. The molecule has 2 N–H and O–H groups in total. The molecule has 0 aromatic heterocycles. The van der Waals surface area contributed by atoms with Crippen LogP contribution in [-0.2, 0) is 0 Å². The molecule has 90 valence electrons. The average molecular weight is 301 g/mol. The van der Waals surface area contributed by atoms with Gasteiger partial charge in [-0.2, -0.15) is 13.2 Å². The summed E-state index contributed by atoms with van der Waals surface area (Å²) in [6.07, 6.45) is -4.36. The number of rotatable bonds is 2. The van der Waals surface area contributed by atoms with Gasteiger partial charge in [0.15, 0.2) is 0 Å². The van der Waals surface area contributed by atoms with E-state index in [2.05, 4.69) is 15.9 Å². The highest BCUT2D eigenvalue weighted by molar-refractivity contribution is 9.10. The molecule has 0 aliphatic heterocycles. The van der Waals surface area contributed by atoms with Gasteiger partial charge in [0, 0.05) is 13.1 Å². The molecule has 0 spiro atoms. The summed E-state index contributed by atoms with van der Waals surface area (Å²) < 4.78 is 49.6. The van der Waals surface area contributed by atoms with E-state index in [0.29, 0.717) is 0 Å². The van der Waals surface area contributed by atoms with Gasteiger partial charge in [0.2, 0.25) is 0 Å². The number of hydrogen-bond donors (Lipinski definition) is 1. The first-order chi connectivity index (χ1) is 7.20. The molecular weight excluding hydrogens is 292 g/mol. The van der Waals surface area contributed by atoms with Crippen LogP contribution in [0.4, 0.5) is 28.9 Å². The van der Waals surface area contributed by atoms with Crippen LogP contribution in [0.1, 0.15) is 0 Å².